The van der Waals surface area contributed by atoms with Gasteiger partial charge in [0.2, 0.25) is 0 Å². The molecule has 2 atom stereocenters. The number of hydrogen-bond donors (Lipinski definition) is 0. The van der Waals surface area contributed by atoms with Crippen molar-refractivity contribution in [3.8, 4) is 0 Å². The monoisotopic (exact) mass is 355 g/mol. The van der Waals surface area contributed by atoms with Gasteiger partial charge in [0.15, 0.2) is 0 Å². The Morgan fingerprint density at radius 1 is 1.19 bits per heavy atom. The van der Waals surface area contributed by atoms with Crippen molar-refractivity contribution in [2.75, 3.05) is 13.6 Å². The largest absolute Gasteiger partial charge is 0.380 e. The third kappa shape index (κ3) is 4.04. The van der Waals surface area contributed by atoms with Crippen LogP contribution in [-0.2, 0) is 5.41 Å². The highest BCUT2D eigenvalue weighted by molar-refractivity contribution is 5.61. The van der Waals surface area contributed by atoms with E-state index in [1.165, 1.54) is 6.07 Å². The van der Waals surface area contributed by atoms with E-state index in [1.54, 1.807) is 12.3 Å². The molecule has 1 nitrogen and oxygen atoms in total. The van der Waals surface area contributed by atoms with E-state index >= 15 is 0 Å². The number of likely N-dealkylation sites (N-methyl/N-ethyl adjacent to an activating group) is 1. The third-order valence-electron chi connectivity index (χ3n) is 5.30. The summed E-state index contributed by atoms with van der Waals surface area (Å²) in [6.07, 6.45) is 1.72. The summed E-state index contributed by atoms with van der Waals surface area (Å²) in [6, 6.07) is 12.0. The molecule has 26 heavy (non-hydrogen) atoms. The van der Waals surface area contributed by atoms with Gasteiger partial charge in [-0.2, -0.15) is 0 Å². The van der Waals surface area contributed by atoms with Gasteiger partial charge in [0.1, 0.15) is 11.6 Å². The second kappa shape index (κ2) is 7.86. The molecule has 0 saturated heterocycles. The fourth-order valence-corrected chi connectivity index (χ4v) is 3.41. The minimum Gasteiger partial charge on any atom is -0.380 e. The molecular weight excluding hydrogens is 328 g/mol. The van der Waals surface area contributed by atoms with E-state index in [2.05, 4.69) is 32.2 Å². The molecule has 0 heterocycles. The molecule has 2 aromatic rings. The van der Waals surface area contributed by atoms with Gasteiger partial charge in [-0.3, -0.25) is 0 Å². The number of rotatable bonds is 7. The molecule has 0 saturated carbocycles. The summed E-state index contributed by atoms with van der Waals surface area (Å²) < 4.78 is 28.1. The first kappa shape index (κ1) is 19.9. The maximum Gasteiger partial charge on any atom is 0.129 e. The van der Waals surface area contributed by atoms with Crippen LogP contribution in [0.1, 0.15) is 43.4 Å². The van der Waals surface area contributed by atoms with Gasteiger partial charge in [0, 0.05) is 25.1 Å². The lowest BCUT2D eigenvalue weighted by Gasteiger charge is -2.39. The Morgan fingerprint density at radius 2 is 1.81 bits per heavy atom. The Bertz CT molecular complexity index is 794. The lowest BCUT2D eigenvalue weighted by Crippen LogP contribution is -2.39. The van der Waals surface area contributed by atoms with Gasteiger partial charge in [-0.1, -0.05) is 62.9 Å². The second-order valence-corrected chi connectivity index (χ2v) is 7.26. The fraction of sp³-hybridized carbons (Fsp3) is 0.304. The van der Waals surface area contributed by atoms with Crippen LogP contribution in [0.15, 0.2) is 61.8 Å². The molecule has 0 aliphatic heterocycles. The first-order valence-corrected chi connectivity index (χ1v) is 8.73. The molecule has 0 aliphatic rings. The van der Waals surface area contributed by atoms with E-state index in [0.717, 1.165) is 22.8 Å². The average Bonchev–Trinajstić information content (AvgIpc) is 2.60. The van der Waals surface area contributed by atoms with Crippen LogP contribution in [0.2, 0.25) is 0 Å². The molecule has 2 unspecified atom stereocenters. The van der Waals surface area contributed by atoms with Gasteiger partial charge >= 0.3 is 0 Å². The summed E-state index contributed by atoms with van der Waals surface area (Å²) in [4.78, 5) is 1.93. The van der Waals surface area contributed by atoms with Crippen LogP contribution in [0.3, 0.4) is 0 Å². The van der Waals surface area contributed by atoms with E-state index < -0.39 is 17.0 Å². The molecule has 0 spiro atoms. The highest BCUT2D eigenvalue weighted by Gasteiger charge is 2.37. The van der Waals surface area contributed by atoms with Gasteiger partial charge in [-0.25, -0.2) is 8.78 Å². The molecule has 2 aromatic carbocycles. The van der Waals surface area contributed by atoms with Crippen LogP contribution >= 0.6 is 0 Å². The zero-order valence-corrected chi connectivity index (χ0v) is 16.0. The Balaban J connectivity index is 2.52. The Hall–Kier alpha value is -2.42. The Labute approximate surface area is 155 Å². The zero-order valence-electron chi connectivity index (χ0n) is 16.0. The summed E-state index contributed by atoms with van der Waals surface area (Å²) in [5.41, 5.74) is 3.12. The maximum absolute atomic E-state index is 14.7. The number of nitrogens with zero attached hydrogens (tertiary/aromatic N) is 1. The Kier molecular flexibility index (Phi) is 6.01. The summed E-state index contributed by atoms with van der Waals surface area (Å²) >= 11 is 0. The van der Waals surface area contributed by atoms with Crippen molar-refractivity contribution in [2.24, 2.45) is 0 Å². The number of benzene rings is 2. The normalized spacial score (nSPS) is 14.4. The molecule has 0 N–H and O–H groups in total. The quantitative estimate of drug-likeness (QED) is 0.577. The summed E-state index contributed by atoms with van der Waals surface area (Å²) in [7, 11) is 1.91. The van der Waals surface area contributed by atoms with E-state index in [-0.39, 0.29) is 5.92 Å². The van der Waals surface area contributed by atoms with Gasteiger partial charge in [0.25, 0.3) is 0 Å². The SMILES string of the molecule is C=CN(C)CC(C)(c1ccc(F)cc1F)C(C)c1ccc(C(=C)C)cc1. The molecule has 0 aromatic heterocycles. The van der Waals surface area contributed by atoms with Crippen molar-refractivity contribution in [1.29, 1.82) is 0 Å². The first-order chi connectivity index (χ1) is 12.2. The van der Waals surface area contributed by atoms with Crippen LogP contribution in [-0.4, -0.2) is 18.5 Å². The highest BCUT2D eigenvalue weighted by Crippen LogP contribution is 2.41. The smallest absolute Gasteiger partial charge is 0.129 e. The predicted molar refractivity (Wildman–Crippen MR) is 106 cm³/mol. The van der Waals surface area contributed by atoms with Gasteiger partial charge < -0.3 is 4.90 Å². The number of halogens is 2. The predicted octanol–water partition coefficient (Wildman–Crippen LogP) is 6.13. The van der Waals surface area contributed by atoms with E-state index in [0.29, 0.717) is 12.1 Å². The lowest BCUT2D eigenvalue weighted by atomic mass is 9.69. The standard InChI is InChI=1S/C23H27F2N/c1-7-26(6)15-23(5,21-13-12-20(24)14-22(21)25)17(4)19-10-8-18(9-11-19)16(2)3/h7-14,17H,1-2,15H2,3-6H3. The van der Waals surface area contributed by atoms with Crippen LogP contribution in [0.4, 0.5) is 8.78 Å². The molecule has 0 radical (unpaired) electrons. The van der Waals surface area contributed by atoms with Crippen LogP contribution in [0.5, 0.6) is 0 Å². The van der Waals surface area contributed by atoms with Crippen LogP contribution in [0, 0.1) is 11.6 Å². The molecule has 2 rings (SSSR count). The fourth-order valence-electron chi connectivity index (χ4n) is 3.41. The molecule has 0 amide bonds. The van der Waals surface area contributed by atoms with E-state index in [9.17, 15) is 8.78 Å². The molecule has 0 bridgehead atoms. The molecule has 0 fully saturated rings. The van der Waals surface area contributed by atoms with Crippen molar-refractivity contribution >= 4 is 5.57 Å². The number of hydrogen-bond acceptors (Lipinski definition) is 1. The van der Waals surface area contributed by atoms with Crippen LogP contribution < -0.4 is 0 Å². The summed E-state index contributed by atoms with van der Waals surface area (Å²) in [6.45, 7) is 14.4. The van der Waals surface area contributed by atoms with Gasteiger partial charge in [0.05, 0.1) is 0 Å². The van der Waals surface area contributed by atoms with Crippen molar-refractivity contribution in [3.63, 3.8) is 0 Å². The zero-order chi connectivity index (χ0) is 19.5. The second-order valence-electron chi connectivity index (χ2n) is 7.26. The molecular formula is C23H27F2N. The highest BCUT2D eigenvalue weighted by atomic mass is 19.1. The van der Waals surface area contributed by atoms with E-state index in [4.69, 9.17) is 0 Å². The minimum absolute atomic E-state index is 0.00373. The first-order valence-electron chi connectivity index (χ1n) is 8.73. The molecule has 0 aliphatic carbocycles. The number of allylic oxidation sites excluding steroid dienone is 1. The van der Waals surface area contributed by atoms with Crippen molar-refractivity contribution < 1.29 is 8.78 Å². The average molecular weight is 355 g/mol. The van der Waals surface area contributed by atoms with Crippen molar-refractivity contribution in [2.45, 2.75) is 32.1 Å². The van der Waals surface area contributed by atoms with Gasteiger partial charge in [-0.05, 0) is 41.8 Å². The van der Waals surface area contributed by atoms with E-state index in [1.807, 2.05) is 37.9 Å². The maximum atomic E-state index is 14.7. The molecule has 138 valence electrons. The van der Waals surface area contributed by atoms with Gasteiger partial charge in [-0.15, -0.1) is 0 Å². The third-order valence-corrected chi connectivity index (χ3v) is 5.30. The lowest BCUT2D eigenvalue weighted by molar-refractivity contribution is 0.279. The molecule has 3 heteroatoms. The summed E-state index contributed by atoms with van der Waals surface area (Å²) in [5, 5.41) is 0. The van der Waals surface area contributed by atoms with Crippen LogP contribution in [0.25, 0.3) is 5.57 Å². The Morgan fingerprint density at radius 3 is 2.31 bits per heavy atom. The summed E-state index contributed by atoms with van der Waals surface area (Å²) in [5.74, 6) is -1.08. The topological polar surface area (TPSA) is 3.24 Å². The minimum atomic E-state index is -0.566. The van der Waals surface area contributed by atoms with Crippen molar-refractivity contribution in [3.05, 3.63) is 90.1 Å². The van der Waals surface area contributed by atoms with Crippen molar-refractivity contribution in [1.82, 2.24) is 4.90 Å².